The fourth-order valence-electron chi connectivity index (χ4n) is 6.14. The van der Waals surface area contributed by atoms with E-state index in [-0.39, 0.29) is 5.91 Å². The third-order valence-corrected chi connectivity index (χ3v) is 8.93. The highest BCUT2D eigenvalue weighted by Gasteiger charge is 2.17. The van der Waals surface area contributed by atoms with Gasteiger partial charge in [-0.2, -0.15) is 0 Å². The molecule has 248 valence electrons. The summed E-state index contributed by atoms with van der Waals surface area (Å²) >= 11 is 0. The van der Waals surface area contributed by atoms with Crippen molar-refractivity contribution in [2.45, 2.75) is 91.6 Å². The first-order chi connectivity index (χ1) is 22.9. The van der Waals surface area contributed by atoms with E-state index in [1.807, 2.05) is 39.0 Å². The Morgan fingerprint density at radius 2 is 1.57 bits per heavy atom. The van der Waals surface area contributed by atoms with Crippen molar-refractivity contribution in [2.24, 2.45) is 0 Å². The Bertz CT molecular complexity index is 1700. The van der Waals surface area contributed by atoms with Crippen LogP contribution in [0.25, 0.3) is 17.0 Å². The van der Waals surface area contributed by atoms with Gasteiger partial charge in [-0.15, -0.1) is 0 Å². The number of fused-ring (bicyclic) bond motifs is 2. The van der Waals surface area contributed by atoms with E-state index in [4.69, 9.17) is 14.5 Å². The summed E-state index contributed by atoms with van der Waals surface area (Å²) < 4.78 is 11.5. The van der Waals surface area contributed by atoms with E-state index in [1.54, 1.807) is 19.3 Å². The second kappa shape index (κ2) is 16.9. The number of hydrogen-bond donors (Lipinski definition) is 2. The smallest absolute Gasteiger partial charge is 0.243 e. The van der Waals surface area contributed by atoms with Gasteiger partial charge in [0.1, 0.15) is 6.61 Å². The van der Waals surface area contributed by atoms with Crippen LogP contribution in [0, 0.1) is 20.8 Å². The van der Waals surface area contributed by atoms with Gasteiger partial charge in [-0.25, -0.2) is 0 Å². The van der Waals surface area contributed by atoms with Gasteiger partial charge in [0.15, 0.2) is 11.5 Å². The quantitative estimate of drug-likeness (QED) is 0.0951. The van der Waals surface area contributed by atoms with Crippen molar-refractivity contribution < 1.29 is 14.3 Å². The fraction of sp³-hybridized carbons (Fsp3) is 0.436. The van der Waals surface area contributed by atoms with Crippen LogP contribution in [0.3, 0.4) is 0 Å². The SMILES string of the molecule is COc1cc(/C=C/C(=O)NCCCCCCCCNc2c3c(nc4ccccc24)CCCC3)ccc1OCc1nc(C)c(C)nc1C. The lowest BCUT2D eigenvalue weighted by Gasteiger charge is -2.21. The highest BCUT2D eigenvalue weighted by Crippen LogP contribution is 2.33. The van der Waals surface area contributed by atoms with Gasteiger partial charge in [-0.3, -0.25) is 19.7 Å². The lowest BCUT2D eigenvalue weighted by molar-refractivity contribution is -0.116. The number of amides is 1. The summed E-state index contributed by atoms with van der Waals surface area (Å²) in [6, 6.07) is 14.1. The minimum Gasteiger partial charge on any atom is -0.493 e. The van der Waals surface area contributed by atoms with Crippen molar-refractivity contribution in [2.75, 3.05) is 25.5 Å². The average Bonchev–Trinajstić information content (AvgIpc) is 3.08. The molecular formula is C39H49N5O3. The zero-order valence-electron chi connectivity index (χ0n) is 28.5. The van der Waals surface area contributed by atoms with E-state index < -0.39 is 0 Å². The Morgan fingerprint density at radius 1 is 0.830 bits per heavy atom. The number of carbonyl (C=O) groups is 1. The lowest BCUT2D eigenvalue weighted by atomic mass is 9.92. The first-order valence-electron chi connectivity index (χ1n) is 17.1. The van der Waals surface area contributed by atoms with Crippen molar-refractivity contribution in [1.82, 2.24) is 20.3 Å². The molecule has 47 heavy (non-hydrogen) atoms. The zero-order valence-corrected chi connectivity index (χ0v) is 28.5. The first kappa shape index (κ1) is 33.9. The molecule has 0 unspecified atom stereocenters. The molecule has 2 aromatic carbocycles. The maximum Gasteiger partial charge on any atom is 0.243 e. The third-order valence-electron chi connectivity index (χ3n) is 8.93. The van der Waals surface area contributed by atoms with Gasteiger partial charge in [0.25, 0.3) is 0 Å². The van der Waals surface area contributed by atoms with Gasteiger partial charge >= 0.3 is 0 Å². The molecule has 8 heteroatoms. The standard InChI is InChI=1S/C39H49N5O3/c1-27-28(2)43-35(29(3)42-27)26-47-36-21-19-30(25-37(36)46-4)20-22-38(45)40-23-13-7-5-6-8-14-24-41-39-31-15-9-11-17-33(31)44-34-18-12-10-16-32(34)39/h9,11,15,17,19-22,25H,5-8,10,12-14,16,18,23-24,26H2,1-4H3,(H,40,45)(H,41,44)/b22-20+. The summed E-state index contributed by atoms with van der Waals surface area (Å²) in [5, 5.41) is 8.03. The molecule has 4 aromatic rings. The van der Waals surface area contributed by atoms with Gasteiger partial charge in [0.2, 0.25) is 5.91 Å². The molecule has 0 radical (unpaired) electrons. The van der Waals surface area contributed by atoms with E-state index in [0.717, 1.165) is 72.5 Å². The number of unbranched alkanes of at least 4 members (excludes halogenated alkanes) is 5. The number of ether oxygens (including phenoxy) is 2. The summed E-state index contributed by atoms with van der Waals surface area (Å²) in [7, 11) is 1.61. The molecule has 1 aliphatic carbocycles. The Labute approximate surface area is 279 Å². The van der Waals surface area contributed by atoms with Gasteiger partial charge < -0.3 is 20.1 Å². The molecule has 5 rings (SSSR count). The van der Waals surface area contributed by atoms with Gasteiger partial charge in [-0.1, -0.05) is 49.9 Å². The number of carbonyl (C=O) groups excluding carboxylic acids is 1. The van der Waals surface area contributed by atoms with E-state index >= 15 is 0 Å². The summed E-state index contributed by atoms with van der Waals surface area (Å²) in [5.41, 5.74) is 9.48. The van der Waals surface area contributed by atoms with Crippen LogP contribution in [0.5, 0.6) is 11.5 Å². The molecule has 0 aliphatic heterocycles. The lowest BCUT2D eigenvalue weighted by Crippen LogP contribution is -2.21. The second-order valence-electron chi connectivity index (χ2n) is 12.4. The molecule has 1 amide bonds. The van der Waals surface area contributed by atoms with Gasteiger partial charge in [-0.05, 0) is 94.7 Å². The predicted octanol–water partition coefficient (Wildman–Crippen LogP) is 8.00. The normalized spacial score (nSPS) is 12.7. The fourth-order valence-corrected chi connectivity index (χ4v) is 6.14. The third kappa shape index (κ3) is 9.31. The Balaban J connectivity index is 0.964. The number of anilines is 1. The summed E-state index contributed by atoms with van der Waals surface area (Å²) in [6.07, 6.45) is 14.9. The van der Waals surface area contributed by atoms with Crippen LogP contribution in [0.2, 0.25) is 0 Å². The number of hydrogen-bond acceptors (Lipinski definition) is 7. The molecule has 0 spiro atoms. The maximum atomic E-state index is 12.4. The van der Waals surface area contributed by atoms with Crippen LogP contribution in [0.4, 0.5) is 5.69 Å². The Morgan fingerprint density at radius 3 is 2.40 bits per heavy atom. The van der Waals surface area contributed by atoms with Crippen LogP contribution < -0.4 is 20.1 Å². The molecule has 8 nitrogen and oxygen atoms in total. The number of nitrogens with zero attached hydrogens (tertiary/aromatic N) is 3. The topological polar surface area (TPSA) is 98.3 Å². The molecule has 2 N–H and O–H groups in total. The van der Waals surface area contributed by atoms with Crippen molar-refractivity contribution in [3.05, 3.63) is 88.1 Å². The molecule has 0 bridgehead atoms. The molecule has 0 saturated carbocycles. The second-order valence-corrected chi connectivity index (χ2v) is 12.4. The van der Waals surface area contributed by atoms with Crippen LogP contribution in [-0.2, 0) is 24.2 Å². The molecular weight excluding hydrogens is 586 g/mol. The molecule has 0 fully saturated rings. The monoisotopic (exact) mass is 635 g/mol. The minimum absolute atomic E-state index is 0.0926. The number of para-hydroxylation sites is 1. The highest BCUT2D eigenvalue weighted by molar-refractivity contribution is 5.93. The van der Waals surface area contributed by atoms with E-state index in [1.165, 1.54) is 54.4 Å². The van der Waals surface area contributed by atoms with E-state index in [9.17, 15) is 4.79 Å². The van der Waals surface area contributed by atoms with Crippen molar-refractivity contribution in [3.8, 4) is 11.5 Å². The highest BCUT2D eigenvalue weighted by atomic mass is 16.5. The Kier molecular flexibility index (Phi) is 12.2. The van der Waals surface area contributed by atoms with E-state index in [0.29, 0.717) is 24.7 Å². The largest absolute Gasteiger partial charge is 0.493 e. The van der Waals surface area contributed by atoms with Gasteiger partial charge in [0.05, 0.1) is 35.4 Å². The predicted molar refractivity (Wildman–Crippen MR) is 190 cm³/mol. The molecule has 2 heterocycles. The van der Waals surface area contributed by atoms with Crippen LogP contribution >= 0.6 is 0 Å². The number of aryl methyl sites for hydroxylation is 4. The molecule has 2 aromatic heterocycles. The number of pyridine rings is 1. The first-order valence-corrected chi connectivity index (χ1v) is 17.1. The number of methoxy groups -OCH3 is 1. The minimum atomic E-state index is -0.0926. The summed E-state index contributed by atoms with van der Waals surface area (Å²) in [6.45, 7) is 7.81. The van der Waals surface area contributed by atoms with Crippen molar-refractivity contribution in [1.29, 1.82) is 0 Å². The molecule has 0 saturated heterocycles. The summed E-state index contributed by atoms with van der Waals surface area (Å²) in [4.78, 5) is 26.5. The van der Waals surface area contributed by atoms with Gasteiger partial charge in [0, 0.05) is 35.9 Å². The number of nitrogens with one attached hydrogen (secondary N) is 2. The zero-order chi connectivity index (χ0) is 33.0. The maximum absolute atomic E-state index is 12.4. The molecule has 0 atom stereocenters. The van der Waals surface area contributed by atoms with Crippen molar-refractivity contribution >= 4 is 28.6 Å². The van der Waals surface area contributed by atoms with Crippen LogP contribution in [0.1, 0.15) is 91.0 Å². The number of benzene rings is 2. The average molecular weight is 636 g/mol. The number of aromatic nitrogens is 3. The Hall–Kier alpha value is -4.46. The molecule has 1 aliphatic rings. The number of rotatable bonds is 16. The van der Waals surface area contributed by atoms with Crippen LogP contribution in [-0.4, -0.2) is 41.1 Å². The summed E-state index contributed by atoms with van der Waals surface area (Å²) in [5.74, 6) is 1.12. The van der Waals surface area contributed by atoms with Crippen molar-refractivity contribution in [3.63, 3.8) is 0 Å². The van der Waals surface area contributed by atoms with Crippen LogP contribution in [0.15, 0.2) is 48.5 Å². The van der Waals surface area contributed by atoms with E-state index in [2.05, 4.69) is 44.9 Å².